The van der Waals surface area contributed by atoms with E-state index in [0.717, 1.165) is 43.0 Å². The summed E-state index contributed by atoms with van der Waals surface area (Å²) in [6.07, 6.45) is 0. The highest BCUT2D eigenvalue weighted by Gasteiger charge is 2.05. The number of rotatable bonds is 8. The van der Waals surface area contributed by atoms with Crippen molar-refractivity contribution >= 4 is 33.6 Å². The van der Waals surface area contributed by atoms with E-state index in [9.17, 15) is 4.79 Å². The molecule has 0 bridgehead atoms. The number of hydrogen-bond acceptors (Lipinski definition) is 6. The van der Waals surface area contributed by atoms with E-state index in [4.69, 9.17) is 5.73 Å². The zero-order chi connectivity index (χ0) is 22.8. The smallest absolute Gasteiger partial charge is 0.180 e. The van der Waals surface area contributed by atoms with Crippen LogP contribution in [0.15, 0.2) is 53.9 Å². The molecular formula is C25H34N4OS. The Morgan fingerprint density at radius 2 is 1.29 bits per heavy atom. The largest absolute Gasteiger partial charge is 0.375 e. The van der Waals surface area contributed by atoms with E-state index in [0.29, 0.717) is 5.13 Å². The zero-order valence-electron chi connectivity index (χ0n) is 19.3. The Hall–Kier alpha value is -2.86. The topological polar surface area (TPSA) is 62.5 Å². The Kier molecular flexibility index (Phi) is 9.53. The first-order valence-electron chi connectivity index (χ1n) is 10.9. The molecular weight excluding hydrogens is 404 g/mol. The molecule has 0 amide bonds. The molecule has 0 aliphatic carbocycles. The Balaban J connectivity index is 0.000000225. The van der Waals surface area contributed by atoms with E-state index in [1.807, 2.05) is 29.6 Å². The third kappa shape index (κ3) is 6.82. The molecule has 0 spiro atoms. The quantitative estimate of drug-likeness (QED) is 0.439. The van der Waals surface area contributed by atoms with E-state index in [2.05, 4.69) is 66.7 Å². The second-order valence-corrected chi connectivity index (χ2v) is 7.96. The minimum Gasteiger partial charge on any atom is -0.375 e. The van der Waals surface area contributed by atoms with Crippen LogP contribution in [0.25, 0.3) is 11.3 Å². The maximum Gasteiger partial charge on any atom is 0.180 e. The standard InChI is InChI=1S/C13H17N3S.C12H17NO/c1-3-16(4-2)11-7-5-10(6-8-11)12-9-17-13(14)15-12;1-4-13(5-2)12-8-6-11(7-9-12)10(3)14/h5-9H,3-4H2,1-2H3,(H2,14,15);6-9H,4-5H2,1-3H3. The van der Waals surface area contributed by atoms with Crippen molar-refractivity contribution in [3.05, 3.63) is 59.5 Å². The Bertz CT molecular complexity index is 927. The summed E-state index contributed by atoms with van der Waals surface area (Å²) in [5.41, 5.74) is 10.9. The third-order valence-electron chi connectivity index (χ3n) is 5.22. The predicted molar refractivity (Wildman–Crippen MR) is 136 cm³/mol. The second-order valence-electron chi connectivity index (χ2n) is 7.07. The lowest BCUT2D eigenvalue weighted by atomic mass is 10.1. The first kappa shape index (κ1) is 24.4. The average molecular weight is 439 g/mol. The third-order valence-corrected chi connectivity index (χ3v) is 5.89. The van der Waals surface area contributed by atoms with Crippen LogP contribution in [0.1, 0.15) is 45.0 Å². The van der Waals surface area contributed by atoms with Gasteiger partial charge in [-0.2, -0.15) is 0 Å². The summed E-state index contributed by atoms with van der Waals surface area (Å²) < 4.78 is 0. The number of benzene rings is 2. The molecule has 0 unspecified atom stereocenters. The fourth-order valence-electron chi connectivity index (χ4n) is 3.35. The SMILES string of the molecule is CCN(CC)c1ccc(-c2csc(N)n2)cc1.CCN(CC)c1ccc(C(C)=O)cc1. The summed E-state index contributed by atoms with van der Waals surface area (Å²) in [7, 11) is 0. The molecule has 3 aromatic rings. The van der Waals surface area contributed by atoms with Crippen molar-refractivity contribution < 1.29 is 4.79 Å². The van der Waals surface area contributed by atoms with E-state index < -0.39 is 0 Å². The monoisotopic (exact) mass is 438 g/mol. The zero-order valence-corrected chi connectivity index (χ0v) is 20.1. The van der Waals surface area contributed by atoms with Gasteiger partial charge in [0, 0.05) is 54.1 Å². The fraction of sp³-hybridized carbons (Fsp3) is 0.360. The lowest BCUT2D eigenvalue weighted by molar-refractivity contribution is 0.101. The first-order chi connectivity index (χ1) is 14.9. The van der Waals surface area contributed by atoms with Crippen molar-refractivity contribution in [3.8, 4) is 11.3 Å². The molecule has 0 atom stereocenters. The number of nitrogens with two attached hydrogens (primary N) is 1. The molecule has 166 valence electrons. The summed E-state index contributed by atoms with van der Waals surface area (Å²) in [5.74, 6) is 0.121. The molecule has 31 heavy (non-hydrogen) atoms. The van der Waals surface area contributed by atoms with Gasteiger partial charge in [0.15, 0.2) is 10.9 Å². The van der Waals surface area contributed by atoms with Crippen LogP contribution >= 0.6 is 11.3 Å². The van der Waals surface area contributed by atoms with Gasteiger partial charge in [0.05, 0.1) is 5.69 Å². The van der Waals surface area contributed by atoms with E-state index >= 15 is 0 Å². The van der Waals surface area contributed by atoms with Gasteiger partial charge < -0.3 is 15.5 Å². The first-order valence-corrected chi connectivity index (χ1v) is 11.7. The number of anilines is 3. The molecule has 2 aromatic carbocycles. The number of ketones is 1. The van der Waals surface area contributed by atoms with Crippen LogP contribution in [0, 0.1) is 0 Å². The maximum absolute atomic E-state index is 11.1. The van der Waals surface area contributed by atoms with Crippen LogP contribution in [0.5, 0.6) is 0 Å². The second kappa shape index (κ2) is 12.1. The van der Waals surface area contributed by atoms with Crippen LogP contribution in [0.3, 0.4) is 0 Å². The van der Waals surface area contributed by atoms with Crippen LogP contribution in [-0.2, 0) is 0 Å². The number of carbonyl (C=O) groups excluding carboxylic acids is 1. The molecule has 1 heterocycles. The molecule has 2 N–H and O–H groups in total. The summed E-state index contributed by atoms with van der Waals surface area (Å²) in [5, 5.41) is 2.61. The van der Waals surface area contributed by atoms with Gasteiger partial charge in [-0.3, -0.25) is 4.79 Å². The molecule has 3 rings (SSSR count). The van der Waals surface area contributed by atoms with Gasteiger partial charge in [0.2, 0.25) is 0 Å². The molecule has 0 aliphatic rings. The van der Waals surface area contributed by atoms with Crippen LogP contribution in [-0.4, -0.2) is 36.9 Å². The maximum atomic E-state index is 11.1. The fourth-order valence-corrected chi connectivity index (χ4v) is 3.92. The number of aromatic nitrogens is 1. The lowest BCUT2D eigenvalue weighted by Gasteiger charge is -2.20. The average Bonchev–Trinajstić information content (AvgIpc) is 3.23. The molecule has 0 saturated carbocycles. The van der Waals surface area contributed by atoms with E-state index in [1.54, 1.807) is 6.92 Å². The number of thiazole rings is 1. The molecule has 6 heteroatoms. The highest BCUT2D eigenvalue weighted by atomic mass is 32.1. The summed E-state index contributed by atoms with van der Waals surface area (Å²) >= 11 is 1.47. The van der Waals surface area contributed by atoms with Crippen molar-refractivity contribution in [2.45, 2.75) is 34.6 Å². The van der Waals surface area contributed by atoms with Gasteiger partial charge in [-0.05, 0) is 71.0 Å². The summed E-state index contributed by atoms with van der Waals surface area (Å²) in [4.78, 5) is 19.9. The Morgan fingerprint density at radius 3 is 1.65 bits per heavy atom. The predicted octanol–water partition coefficient (Wildman–Crippen LogP) is 5.97. The minimum atomic E-state index is 0.121. The summed E-state index contributed by atoms with van der Waals surface area (Å²) in [6.45, 7) is 14.2. The Morgan fingerprint density at radius 1 is 0.839 bits per heavy atom. The molecule has 0 fully saturated rings. The minimum absolute atomic E-state index is 0.121. The highest BCUT2D eigenvalue weighted by Crippen LogP contribution is 2.25. The van der Waals surface area contributed by atoms with Gasteiger partial charge in [-0.25, -0.2) is 4.98 Å². The van der Waals surface area contributed by atoms with Crippen LogP contribution in [0.2, 0.25) is 0 Å². The van der Waals surface area contributed by atoms with Gasteiger partial charge in [-0.15, -0.1) is 11.3 Å². The Labute approximate surface area is 190 Å². The van der Waals surface area contributed by atoms with Gasteiger partial charge >= 0.3 is 0 Å². The van der Waals surface area contributed by atoms with Crippen molar-refractivity contribution in [1.82, 2.24) is 4.98 Å². The molecule has 5 nitrogen and oxygen atoms in total. The number of Topliss-reactive ketones (excluding diaryl/α,β-unsaturated/α-hetero) is 1. The number of nitrogens with zero attached hydrogens (tertiary/aromatic N) is 3. The van der Waals surface area contributed by atoms with Crippen molar-refractivity contribution in [2.75, 3.05) is 41.7 Å². The normalized spacial score (nSPS) is 10.2. The van der Waals surface area contributed by atoms with E-state index in [-0.39, 0.29) is 5.78 Å². The number of hydrogen-bond donors (Lipinski definition) is 1. The van der Waals surface area contributed by atoms with Gasteiger partial charge in [-0.1, -0.05) is 12.1 Å². The summed E-state index contributed by atoms with van der Waals surface area (Å²) in [6, 6.07) is 16.2. The van der Waals surface area contributed by atoms with Crippen molar-refractivity contribution in [3.63, 3.8) is 0 Å². The molecule has 1 aromatic heterocycles. The van der Waals surface area contributed by atoms with Crippen molar-refractivity contribution in [1.29, 1.82) is 0 Å². The number of carbonyl (C=O) groups is 1. The molecule has 0 radical (unpaired) electrons. The van der Waals surface area contributed by atoms with Crippen molar-refractivity contribution in [2.24, 2.45) is 0 Å². The van der Waals surface area contributed by atoms with Crippen LogP contribution in [0.4, 0.5) is 16.5 Å². The van der Waals surface area contributed by atoms with Crippen LogP contribution < -0.4 is 15.5 Å². The van der Waals surface area contributed by atoms with E-state index in [1.165, 1.54) is 22.7 Å². The highest BCUT2D eigenvalue weighted by molar-refractivity contribution is 7.13. The lowest BCUT2D eigenvalue weighted by Crippen LogP contribution is -2.21. The van der Waals surface area contributed by atoms with Gasteiger partial charge in [0.25, 0.3) is 0 Å². The van der Waals surface area contributed by atoms with Gasteiger partial charge in [0.1, 0.15) is 0 Å². The number of nitrogen functional groups attached to an aromatic ring is 1. The molecule has 0 aliphatic heterocycles. The molecule has 0 saturated heterocycles.